The molecular weight excluding hydrogens is 130 g/mol. The van der Waals surface area contributed by atoms with Gasteiger partial charge in [-0.05, 0) is 13.8 Å². The molecule has 0 unspecified atom stereocenters. The van der Waals surface area contributed by atoms with Crippen molar-refractivity contribution in [2.24, 2.45) is 0 Å². The lowest BCUT2D eigenvalue weighted by molar-refractivity contribution is 0.565. The Labute approximate surface area is 59.4 Å². The Morgan fingerprint density at radius 3 is 2.80 bits per heavy atom. The van der Waals surface area contributed by atoms with Gasteiger partial charge in [-0.25, -0.2) is 0 Å². The highest BCUT2D eigenvalue weighted by atomic mass is 16.4. The molecule has 0 atom stereocenters. The van der Waals surface area contributed by atoms with Gasteiger partial charge in [0.15, 0.2) is 5.82 Å². The van der Waals surface area contributed by atoms with E-state index in [1.807, 2.05) is 13.8 Å². The van der Waals surface area contributed by atoms with Crippen LogP contribution in [0, 0.1) is 0 Å². The molecule has 0 saturated carbocycles. The number of aromatic nitrogens is 1. The van der Waals surface area contributed by atoms with E-state index in [0.717, 1.165) is 0 Å². The van der Waals surface area contributed by atoms with Crippen LogP contribution < -0.4 is 11.1 Å². The van der Waals surface area contributed by atoms with Gasteiger partial charge in [-0.3, -0.25) is 0 Å². The Morgan fingerprint density at radius 2 is 2.40 bits per heavy atom. The third-order valence-electron chi connectivity index (χ3n) is 0.934. The second-order valence-corrected chi connectivity index (χ2v) is 2.38. The molecule has 10 heavy (non-hydrogen) atoms. The lowest BCUT2D eigenvalue weighted by Crippen LogP contribution is -2.09. The molecule has 1 rings (SSSR count). The smallest absolute Gasteiger partial charge is 0.296 e. The quantitative estimate of drug-likeness (QED) is 0.646. The van der Waals surface area contributed by atoms with Crippen LogP contribution in [-0.4, -0.2) is 11.0 Å². The maximum Gasteiger partial charge on any atom is 0.296 e. The van der Waals surface area contributed by atoms with Crippen molar-refractivity contribution in [2.45, 2.75) is 19.9 Å². The van der Waals surface area contributed by atoms with Gasteiger partial charge in [0.25, 0.3) is 6.01 Å². The predicted octanol–water partition coefficient (Wildman–Crippen LogP) is 1.08. The van der Waals surface area contributed by atoms with Crippen LogP contribution in [0.15, 0.2) is 10.7 Å². The van der Waals surface area contributed by atoms with Gasteiger partial charge in [-0.1, -0.05) is 0 Å². The first kappa shape index (κ1) is 6.92. The first-order valence-corrected chi connectivity index (χ1v) is 3.16. The van der Waals surface area contributed by atoms with Gasteiger partial charge in [-0.15, -0.1) is 0 Å². The molecule has 1 heterocycles. The van der Waals surface area contributed by atoms with E-state index in [2.05, 4.69) is 10.3 Å². The summed E-state index contributed by atoms with van der Waals surface area (Å²) in [6, 6.07) is 0.797. The van der Waals surface area contributed by atoms with Gasteiger partial charge in [0.1, 0.15) is 6.26 Å². The third kappa shape index (κ3) is 1.65. The second-order valence-electron chi connectivity index (χ2n) is 2.38. The van der Waals surface area contributed by atoms with Crippen LogP contribution in [0.2, 0.25) is 0 Å². The monoisotopic (exact) mass is 141 g/mol. The fraction of sp³-hybridized carbons (Fsp3) is 0.500. The van der Waals surface area contributed by atoms with Crippen molar-refractivity contribution >= 4 is 11.8 Å². The molecule has 0 aliphatic heterocycles. The SMILES string of the molecule is CC(C)Nc1nc(N)co1. The largest absolute Gasteiger partial charge is 0.430 e. The fourth-order valence-corrected chi connectivity index (χ4v) is 0.599. The second kappa shape index (κ2) is 2.60. The summed E-state index contributed by atoms with van der Waals surface area (Å²) < 4.78 is 4.93. The molecule has 0 aliphatic carbocycles. The summed E-state index contributed by atoms with van der Waals surface area (Å²) in [5.74, 6) is 0.406. The molecule has 3 N–H and O–H groups in total. The van der Waals surface area contributed by atoms with E-state index >= 15 is 0 Å². The van der Waals surface area contributed by atoms with Gasteiger partial charge in [-0.2, -0.15) is 4.98 Å². The summed E-state index contributed by atoms with van der Waals surface area (Å²) in [5.41, 5.74) is 5.31. The molecule has 0 aliphatic rings. The average Bonchev–Trinajstić information content (AvgIpc) is 2.13. The molecule has 4 heteroatoms. The molecule has 0 bridgehead atoms. The van der Waals surface area contributed by atoms with Gasteiger partial charge >= 0.3 is 0 Å². The maximum atomic E-state index is 5.31. The standard InChI is InChI=1S/C6H11N3O/c1-4(2)8-6-9-5(7)3-10-6/h3-4H,7H2,1-2H3,(H,8,9). The maximum absolute atomic E-state index is 5.31. The first-order chi connectivity index (χ1) is 4.68. The molecule has 0 fully saturated rings. The van der Waals surface area contributed by atoms with Crippen molar-refractivity contribution in [3.63, 3.8) is 0 Å². The number of nitrogens with zero attached hydrogens (tertiary/aromatic N) is 1. The summed E-state index contributed by atoms with van der Waals surface area (Å²) in [6.45, 7) is 4.00. The number of nitrogens with two attached hydrogens (primary N) is 1. The molecule has 0 saturated heterocycles. The van der Waals surface area contributed by atoms with Crippen LogP contribution in [0.4, 0.5) is 11.8 Å². The number of oxazole rings is 1. The Balaban J connectivity index is 2.58. The molecule has 4 nitrogen and oxygen atoms in total. The number of anilines is 2. The predicted molar refractivity (Wildman–Crippen MR) is 39.7 cm³/mol. The minimum Gasteiger partial charge on any atom is -0.430 e. The number of rotatable bonds is 2. The topological polar surface area (TPSA) is 64.1 Å². The molecule has 0 amide bonds. The summed E-state index contributed by atoms with van der Waals surface area (Å²) in [7, 11) is 0. The number of nitrogens with one attached hydrogen (secondary N) is 1. The van der Waals surface area contributed by atoms with Crippen LogP contribution in [0.25, 0.3) is 0 Å². The van der Waals surface area contributed by atoms with Crippen LogP contribution in [0.5, 0.6) is 0 Å². The Morgan fingerprint density at radius 1 is 1.70 bits per heavy atom. The average molecular weight is 141 g/mol. The zero-order valence-corrected chi connectivity index (χ0v) is 6.09. The third-order valence-corrected chi connectivity index (χ3v) is 0.934. The van der Waals surface area contributed by atoms with Gasteiger partial charge in [0.2, 0.25) is 0 Å². The van der Waals surface area contributed by atoms with E-state index in [1.54, 1.807) is 0 Å². The van der Waals surface area contributed by atoms with E-state index in [0.29, 0.717) is 17.9 Å². The van der Waals surface area contributed by atoms with Crippen LogP contribution in [0.1, 0.15) is 13.8 Å². The summed E-state index contributed by atoms with van der Waals surface area (Å²) in [5, 5.41) is 2.97. The lowest BCUT2D eigenvalue weighted by atomic mass is 10.4. The van der Waals surface area contributed by atoms with E-state index < -0.39 is 0 Å². The van der Waals surface area contributed by atoms with Crippen molar-refractivity contribution < 1.29 is 4.42 Å². The molecular formula is C6H11N3O. The normalized spacial score (nSPS) is 10.3. The van der Waals surface area contributed by atoms with E-state index in [-0.39, 0.29) is 0 Å². The number of nitrogen functional groups attached to an aromatic ring is 1. The highest BCUT2D eigenvalue weighted by Gasteiger charge is 2.00. The minimum absolute atomic E-state index is 0.318. The zero-order chi connectivity index (χ0) is 7.56. The minimum atomic E-state index is 0.318. The van der Waals surface area contributed by atoms with Crippen LogP contribution >= 0.6 is 0 Å². The summed E-state index contributed by atoms with van der Waals surface area (Å²) >= 11 is 0. The summed E-state index contributed by atoms with van der Waals surface area (Å²) in [6.07, 6.45) is 1.41. The van der Waals surface area contributed by atoms with Crippen LogP contribution in [-0.2, 0) is 0 Å². The fourth-order valence-electron chi connectivity index (χ4n) is 0.599. The molecule has 56 valence electrons. The van der Waals surface area contributed by atoms with Crippen molar-refractivity contribution in [1.29, 1.82) is 0 Å². The van der Waals surface area contributed by atoms with Crippen molar-refractivity contribution in [3.05, 3.63) is 6.26 Å². The van der Waals surface area contributed by atoms with Gasteiger partial charge in [0, 0.05) is 6.04 Å². The van der Waals surface area contributed by atoms with Gasteiger partial charge < -0.3 is 15.5 Å². The Kier molecular flexibility index (Phi) is 1.80. The van der Waals surface area contributed by atoms with Crippen molar-refractivity contribution in [1.82, 2.24) is 4.98 Å². The highest BCUT2D eigenvalue weighted by molar-refractivity contribution is 5.32. The molecule has 1 aromatic heterocycles. The van der Waals surface area contributed by atoms with Crippen molar-refractivity contribution in [3.8, 4) is 0 Å². The molecule has 0 radical (unpaired) electrons. The highest BCUT2D eigenvalue weighted by Crippen LogP contribution is 2.08. The van der Waals surface area contributed by atoms with Gasteiger partial charge in [0.05, 0.1) is 0 Å². The summed E-state index contributed by atoms with van der Waals surface area (Å²) in [4.78, 5) is 3.85. The van der Waals surface area contributed by atoms with E-state index in [1.165, 1.54) is 6.26 Å². The molecule has 0 aromatic carbocycles. The van der Waals surface area contributed by atoms with Crippen LogP contribution in [0.3, 0.4) is 0 Å². The lowest BCUT2D eigenvalue weighted by Gasteiger charge is -2.02. The van der Waals surface area contributed by atoms with E-state index in [9.17, 15) is 0 Å². The Bertz CT molecular complexity index is 207. The number of hydrogen-bond donors (Lipinski definition) is 2. The molecule has 0 spiro atoms. The molecule has 1 aromatic rings. The van der Waals surface area contributed by atoms with E-state index in [4.69, 9.17) is 10.2 Å². The Hall–Kier alpha value is -1.19. The first-order valence-electron chi connectivity index (χ1n) is 3.16. The zero-order valence-electron chi connectivity index (χ0n) is 6.09. The van der Waals surface area contributed by atoms with Crippen molar-refractivity contribution in [2.75, 3.05) is 11.1 Å². The number of hydrogen-bond acceptors (Lipinski definition) is 4.